The summed E-state index contributed by atoms with van der Waals surface area (Å²) in [5.74, 6) is -0.689. The van der Waals surface area contributed by atoms with Gasteiger partial charge < -0.3 is 10.6 Å². The van der Waals surface area contributed by atoms with Gasteiger partial charge >= 0.3 is 6.18 Å². The van der Waals surface area contributed by atoms with Crippen molar-refractivity contribution in [2.24, 2.45) is 0 Å². The van der Waals surface area contributed by atoms with Gasteiger partial charge in [0, 0.05) is 18.8 Å². The minimum Gasteiger partial charge on any atom is -0.398 e. The van der Waals surface area contributed by atoms with E-state index in [9.17, 15) is 18.0 Å². The van der Waals surface area contributed by atoms with Crippen LogP contribution < -0.4 is 5.73 Å². The summed E-state index contributed by atoms with van der Waals surface area (Å²) in [4.78, 5) is 13.3. The maximum atomic E-state index is 12.8. The maximum Gasteiger partial charge on any atom is 0.417 e. The molecule has 1 rings (SSSR count). The fraction of sp³-hybridized carbons (Fsp3) is 0.417. The summed E-state index contributed by atoms with van der Waals surface area (Å²) in [7, 11) is 0. The Morgan fingerprint density at radius 1 is 1.28 bits per heavy atom. The number of anilines is 1. The predicted molar refractivity (Wildman–Crippen MR) is 63.1 cm³/mol. The molecular weight excluding hydrogens is 245 g/mol. The Balaban J connectivity index is 3.35. The van der Waals surface area contributed by atoms with Gasteiger partial charge in [-0.05, 0) is 26.0 Å². The number of halogens is 3. The van der Waals surface area contributed by atoms with Crippen LogP contribution in [0, 0.1) is 0 Å². The summed E-state index contributed by atoms with van der Waals surface area (Å²) < 4.78 is 38.5. The summed E-state index contributed by atoms with van der Waals surface area (Å²) in [6.07, 6.45) is -4.59. The van der Waals surface area contributed by atoms with Gasteiger partial charge in [-0.2, -0.15) is 13.2 Å². The number of nitrogen functional groups attached to an aromatic ring is 1. The van der Waals surface area contributed by atoms with Crippen molar-refractivity contribution in [3.63, 3.8) is 0 Å². The first-order valence-corrected chi connectivity index (χ1v) is 5.57. The number of nitrogens with two attached hydrogens (primary N) is 1. The van der Waals surface area contributed by atoms with Crippen molar-refractivity contribution in [3.05, 3.63) is 29.3 Å². The monoisotopic (exact) mass is 260 g/mol. The number of carbonyl (C=O) groups excluding carboxylic acids is 1. The SMILES string of the molecule is CCN(CC)C(=O)c1c(N)cccc1C(F)(F)F. The van der Waals surface area contributed by atoms with E-state index in [4.69, 9.17) is 5.73 Å². The molecule has 0 atom stereocenters. The third kappa shape index (κ3) is 2.75. The van der Waals surface area contributed by atoms with Crippen molar-refractivity contribution in [2.45, 2.75) is 20.0 Å². The average Bonchev–Trinajstić information content (AvgIpc) is 2.28. The van der Waals surface area contributed by atoms with Gasteiger partial charge in [-0.15, -0.1) is 0 Å². The molecule has 0 aliphatic carbocycles. The second-order valence-electron chi connectivity index (χ2n) is 3.75. The van der Waals surface area contributed by atoms with Crippen molar-refractivity contribution < 1.29 is 18.0 Å². The molecule has 2 N–H and O–H groups in total. The Kier molecular flexibility index (Phi) is 4.21. The summed E-state index contributed by atoms with van der Waals surface area (Å²) in [6.45, 7) is 4.07. The second kappa shape index (κ2) is 5.29. The summed E-state index contributed by atoms with van der Waals surface area (Å²) in [5, 5.41) is 0. The lowest BCUT2D eigenvalue weighted by molar-refractivity contribution is -0.138. The van der Waals surface area contributed by atoms with Gasteiger partial charge in [0.15, 0.2) is 0 Å². The normalized spacial score (nSPS) is 11.4. The van der Waals surface area contributed by atoms with Crippen molar-refractivity contribution in [2.75, 3.05) is 18.8 Å². The summed E-state index contributed by atoms with van der Waals surface area (Å²) in [6, 6.07) is 3.36. The molecule has 1 aromatic carbocycles. The number of hydrogen-bond donors (Lipinski definition) is 1. The molecule has 0 spiro atoms. The standard InChI is InChI=1S/C12H15F3N2O/c1-3-17(4-2)11(18)10-8(12(13,14)15)6-5-7-9(10)16/h5-7H,3-4,16H2,1-2H3. The van der Waals surface area contributed by atoms with E-state index in [1.165, 1.54) is 17.0 Å². The topological polar surface area (TPSA) is 46.3 Å². The highest BCUT2D eigenvalue weighted by atomic mass is 19.4. The van der Waals surface area contributed by atoms with Gasteiger partial charge in [0.1, 0.15) is 0 Å². The Bertz CT molecular complexity index is 439. The largest absolute Gasteiger partial charge is 0.417 e. The third-order valence-corrected chi connectivity index (χ3v) is 2.67. The maximum absolute atomic E-state index is 12.8. The molecule has 0 aliphatic rings. The van der Waals surface area contributed by atoms with E-state index < -0.39 is 23.2 Å². The fourth-order valence-corrected chi connectivity index (χ4v) is 1.71. The molecule has 0 fully saturated rings. The molecule has 1 aromatic rings. The van der Waals surface area contributed by atoms with Crippen molar-refractivity contribution in [1.29, 1.82) is 0 Å². The highest BCUT2D eigenvalue weighted by molar-refractivity contribution is 6.00. The number of amides is 1. The first kappa shape index (κ1) is 14.3. The zero-order chi connectivity index (χ0) is 13.9. The van der Waals surface area contributed by atoms with E-state index in [0.717, 1.165) is 6.07 Å². The number of rotatable bonds is 3. The van der Waals surface area contributed by atoms with Crippen LogP contribution in [0.3, 0.4) is 0 Å². The number of benzene rings is 1. The van der Waals surface area contributed by atoms with E-state index in [0.29, 0.717) is 13.1 Å². The van der Waals surface area contributed by atoms with Gasteiger partial charge in [0.05, 0.1) is 11.1 Å². The fourth-order valence-electron chi connectivity index (χ4n) is 1.71. The number of alkyl halides is 3. The van der Waals surface area contributed by atoms with Crippen LogP contribution in [0.4, 0.5) is 18.9 Å². The quantitative estimate of drug-likeness (QED) is 0.849. The molecule has 0 saturated heterocycles. The predicted octanol–water partition coefficient (Wildman–Crippen LogP) is 2.77. The molecule has 18 heavy (non-hydrogen) atoms. The zero-order valence-corrected chi connectivity index (χ0v) is 10.2. The highest BCUT2D eigenvalue weighted by Gasteiger charge is 2.36. The van der Waals surface area contributed by atoms with Crippen LogP contribution in [-0.4, -0.2) is 23.9 Å². The van der Waals surface area contributed by atoms with Crippen LogP contribution in [0.15, 0.2) is 18.2 Å². The van der Waals surface area contributed by atoms with E-state index >= 15 is 0 Å². The Hall–Kier alpha value is -1.72. The van der Waals surface area contributed by atoms with Crippen LogP contribution >= 0.6 is 0 Å². The average molecular weight is 260 g/mol. The molecule has 3 nitrogen and oxygen atoms in total. The molecule has 0 radical (unpaired) electrons. The molecule has 100 valence electrons. The van der Waals surface area contributed by atoms with E-state index in [2.05, 4.69) is 0 Å². The van der Waals surface area contributed by atoms with Gasteiger partial charge in [0.2, 0.25) is 0 Å². The molecule has 0 heterocycles. The van der Waals surface area contributed by atoms with E-state index in [1.54, 1.807) is 13.8 Å². The highest BCUT2D eigenvalue weighted by Crippen LogP contribution is 2.34. The first-order valence-electron chi connectivity index (χ1n) is 5.57. The lowest BCUT2D eigenvalue weighted by atomic mass is 10.0. The van der Waals surface area contributed by atoms with Gasteiger partial charge in [-0.3, -0.25) is 4.79 Å². The van der Waals surface area contributed by atoms with Gasteiger partial charge in [-0.25, -0.2) is 0 Å². The molecule has 1 amide bonds. The Labute approximate surface area is 103 Å². The lowest BCUT2D eigenvalue weighted by Crippen LogP contribution is -2.32. The van der Waals surface area contributed by atoms with Gasteiger partial charge in [-0.1, -0.05) is 6.07 Å². The molecule has 0 aromatic heterocycles. The van der Waals surface area contributed by atoms with Crippen LogP contribution in [0.1, 0.15) is 29.8 Å². The minimum atomic E-state index is -4.59. The van der Waals surface area contributed by atoms with Crippen LogP contribution in [0.5, 0.6) is 0 Å². The van der Waals surface area contributed by atoms with Crippen molar-refractivity contribution >= 4 is 11.6 Å². The summed E-state index contributed by atoms with van der Waals surface area (Å²) >= 11 is 0. The lowest BCUT2D eigenvalue weighted by Gasteiger charge is -2.22. The van der Waals surface area contributed by atoms with Crippen LogP contribution in [-0.2, 0) is 6.18 Å². The molecule has 0 saturated carbocycles. The van der Waals surface area contributed by atoms with E-state index in [1.807, 2.05) is 0 Å². The number of nitrogens with zero attached hydrogens (tertiary/aromatic N) is 1. The Morgan fingerprint density at radius 2 is 1.83 bits per heavy atom. The number of carbonyl (C=O) groups is 1. The molecule has 0 bridgehead atoms. The first-order chi connectivity index (χ1) is 8.32. The molecule has 0 aliphatic heterocycles. The zero-order valence-electron chi connectivity index (χ0n) is 10.2. The third-order valence-electron chi connectivity index (χ3n) is 2.67. The molecular formula is C12H15F3N2O. The number of hydrogen-bond acceptors (Lipinski definition) is 2. The molecule has 0 unspecified atom stereocenters. The van der Waals surface area contributed by atoms with E-state index in [-0.39, 0.29) is 5.69 Å². The smallest absolute Gasteiger partial charge is 0.398 e. The van der Waals surface area contributed by atoms with Crippen LogP contribution in [0.2, 0.25) is 0 Å². The molecule has 6 heteroatoms. The van der Waals surface area contributed by atoms with Crippen molar-refractivity contribution in [3.8, 4) is 0 Å². The van der Waals surface area contributed by atoms with Gasteiger partial charge in [0.25, 0.3) is 5.91 Å². The van der Waals surface area contributed by atoms with Crippen LogP contribution in [0.25, 0.3) is 0 Å². The Morgan fingerprint density at radius 3 is 2.28 bits per heavy atom. The second-order valence-corrected chi connectivity index (χ2v) is 3.75. The minimum absolute atomic E-state index is 0.151. The summed E-state index contributed by atoms with van der Waals surface area (Å²) in [5.41, 5.74) is 3.92. The van der Waals surface area contributed by atoms with Crippen molar-refractivity contribution in [1.82, 2.24) is 4.90 Å².